The van der Waals surface area contributed by atoms with Gasteiger partial charge in [-0.15, -0.1) is 0 Å². The molecule has 1 rings (SSSR count). The Balaban J connectivity index is 3.22. The number of hydrogen-bond donors (Lipinski definition) is 3. The minimum atomic E-state index is -1.16. The highest BCUT2D eigenvalue weighted by molar-refractivity contribution is 9.10. The van der Waals surface area contributed by atoms with Crippen LogP contribution in [0.15, 0.2) is 16.6 Å². The van der Waals surface area contributed by atoms with E-state index in [1.807, 2.05) is 13.8 Å². The smallest absolute Gasteiger partial charge is 0.339 e. The van der Waals surface area contributed by atoms with Crippen LogP contribution in [0.25, 0.3) is 0 Å². The lowest BCUT2D eigenvalue weighted by Gasteiger charge is -2.18. The number of aromatic carboxylic acids is 1. The molecule has 0 bridgehead atoms. The molecule has 1 aromatic carbocycles. The van der Waals surface area contributed by atoms with Crippen LogP contribution in [0.1, 0.15) is 42.2 Å². The summed E-state index contributed by atoms with van der Waals surface area (Å²) in [5.74, 6) is -1.04. The van der Waals surface area contributed by atoms with E-state index in [1.54, 1.807) is 6.07 Å². The molecule has 0 amide bonds. The van der Waals surface area contributed by atoms with Crippen molar-refractivity contribution in [1.82, 2.24) is 0 Å². The lowest BCUT2D eigenvalue weighted by molar-refractivity contribution is 0.0693. The van der Waals surface area contributed by atoms with Crippen molar-refractivity contribution < 1.29 is 15.0 Å². The van der Waals surface area contributed by atoms with Crippen LogP contribution in [-0.2, 0) is 0 Å². The highest BCUT2D eigenvalue weighted by Gasteiger charge is 2.21. The van der Waals surface area contributed by atoms with Crippen LogP contribution in [0.3, 0.4) is 0 Å². The summed E-state index contributed by atoms with van der Waals surface area (Å²) in [6.45, 7) is 4.04. The standard InChI is InChI=1S/C12H16BrNO3/c1-6(2)5-9(14)10-8(13)4-3-7(11(10)15)12(16)17/h3-4,6,9,15H,5,14H2,1-2H3,(H,16,17)/t9-/m1/s1. The number of phenols is 1. The molecule has 0 heterocycles. The predicted octanol–water partition coefficient (Wildman–Crippen LogP) is 2.90. The molecular weight excluding hydrogens is 286 g/mol. The molecule has 0 spiro atoms. The van der Waals surface area contributed by atoms with E-state index in [4.69, 9.17) is 10.8 Å². The molecule has 4 N–H and O–H groups in total. The fraction of sp³-hybridized carbons (Fsp3) is 0.417. The lowest BCUT2D eigenvalue weighted by Crippen LogP contribution is -2.15. The molecule has 4 nitrogen and oxygen atoms in total. The summed E-state index contributed by atoms with van der Waals surface area (Å²) in [6.07, 6.45) is 0.676. The Morgan fingerprint density at radius 2 is 2.06 bits per heavy atom. The molecule has 0 aliphatic heterocycles. The number of nitrogens with two attached hydrogens (primary N) is 1. The number of rotatable bonds is 4. The van der Waals surface area contributed by atoms with Crippen molar-refractivity contribution in [3.8, 4) is 5.75 Å². The molecule has 0 aromatic heterocycles. The van der Waals surface area contributed by atoms with Gasteiger partial charge in [0.25, 0.3) is 0 Å². The van der Waals surface area contributed by atoms with Gasteiger partial charge in [-0.3, -0.25) is 0 Å². The summed E-state index contributed by atoms with van der Waals surface area (Å²) in [7, 11) is 0. The Kier molecular flexibility index (Phi) is 4.54. The van der Waals surface area contributed by atoms with Crippen LogP contribution in [0.4, 0.5) is 0 Å². The van der Waals surface area contributed by atoms with Crippen molar-refractivity contribution in [3.05, 3.63) is 27.7 Å². The average Bonchev–Trinajstić information content (AvgIpc) is 2.15. The summed E-state index contributed by atoms with van der Waals surface area (Å²) >= 11 is 3.29. The van der Waals surface area contributed by atoms with Crippen LogP contribution in [0, 0.1) is 5.92 Å². The number of carbonyl (C=O) groups is 1. The van der Waals surface area contributed by atoms with Gasteiger partial charge in [0.15, 0.2) is 0 Å². The zero-order valence-corrected chi connectivity index (χ0v) is 11.4. The lowest BCUT2D eigenvalue weighted by atomic mass is 9.95. The molecule has 0 radical (unpaired) electrons. The minimum absolute atomic E-state index is 0.123. The molecule has 0 fully saturated rings. The summed E-state index contributed by atoms with van der Waals surface area (Å²) < 4.78 is 0.633. The third-order valence-electron chi connectivity index (χ3n) is 2.49. The minimum Gasteiger partial charge on any atom is -0.507 e. The van der Waals surface area contributed by atoms with E-state index in [9.17, 15) is 9.90 Å². The first-order valence-electron chi connectivity index (χ1n) is 5.34. The number of benzene rings is 1. The molecule has 17 heavy (non-hydrogen) atoms. The summed E-state index contributed by atoms with van der Waals surface area (Å²) in [5.41, 5.74) is 6.32. The van der Waals surface area contributed by atoms with E-state index in [2.05, 4.69) is 15.9 Å². The van der Waals surface area contributed by atoms with Crippen molar-refractivity contribution in [2.75, 3.05) is 0 Å². The van der Waals surface area contributed by atoms with Gasteiger partial charge < -0.3 is 15.9 Å². The van der Waals surface area contributed by atoms with Gasteiger partial charge in [-0.1, -0.05) is 29.8 Å². The first-order valence-corrected chi connectivity index (χ1v) is 6.14. The van der Waals surface area contributed by atoms with Gasteiger partial charge in [0.05, 0.1) is 0 Å². The summed E-state index contributed by atoms with van der Waals surface area (Å²) in [5, 5.41) is 18.9. The quantitative estimate of drug-likeness (QED) is 0.798. The third kappa shape index (κ3) is 3.20. The van der Waals surface area contributed by atoms with E-state index >= 15 is 0 Å². The number of aromatic hydroxyl groups is 1. The van der Waals surface area contributed by atoms with Crippen molar-refractivity contribution in [3.63, 3.8) is 0 Å². The van der Waals surface area contributed by atoms with Gasteiger partial charge >= 0.3 is 5.97 Å². The zero-order chi connectivity index (χ0) is 13.2. The van der Waals surface area contributed by atoms with Crippen LogP contribution in [0.2, 0.25) is 0 Å². The number of carboxylic acid groups (broad SMARTS) is 1. The second kappa shape index (κ2) is 5.51. The molecular formula is C12H16BrNO3. The second-order valence-electron chi connectivity index (χ2n) is 4.40. The number of halogens is 1. The fourth-order valence-corrected chi connectivity index (χ4v) is 2.35. The SMILES string of the molecule is CC(C)C[C@@H](N)c1c(Br)ccc(C(=O)O)c1O. The number of carboxylic acids is 1. The first kappa shape index (κ1) is 14.0. The molecule has 0 aliphatic carbocycles. The molecule has 1 atom stereocenters. The molecule has 5 heteroatoms. The van der Waals surface area contributed by atoms with Gasteiger partial charge in [-0.05, 0) is 24.5 Å². The predicted molar refractivity (Wildman–Crippen MR) is 69.1 cm³/mol. The van der Waals surface area contributed by atoms with Gasteiger partial charge in [0.2, 0.25) is 0 Å². The van der Waals surface area contributed by atoms with Gasteiger partial charge in [0.1, 0.15) is 11.3 Å². The molecule has 0 saturated heterocycles. The topological polar surface area (TPSA) is 83.6 Å². The van der Waals surface area contributed by atoms with Crippen molar-refractivity contribution >= 4 is 21.9 Å². The van der Waals surface area contributed by atoms with Crippen molar-refractivity contribution in [2.24, 2.45) is 11.7 Å². The van der Waals surface area contributed by atoms with E-state index in [0.717, 1.165) is 0 Å². The van der Waals surface area contributed by atoms with E-state index in [0.29, 0.717) is 22.4 Å². The molecule has 94 valence electrons. The van der Waals surface area contributed by atoms with Crippen molar-refractivity contribution in [1.29, 1.82) is 0 Å². The number of hydrogen-bond acceptors (Lipinski definition) is 3. The average molecular weight is 302 g/mol. The van der Waals surface area contributed by atoms with Crippen LogP contribution < -0.4 is 5.73 Å². The first-order chi connectivity index (χ1) is 7.84. The Labute approximate surface area is 109 Å². The maximum Gasteiger partial charge on any atom is 0.339 e. The van der Waals surface area contributed by atoms with Crippen LogP contribution in [0.5, 0.6) is 5.75 Å². The Morgan fingerprint density at radius 3 is 2.53 bits per heavy atom. The highest BCUT2D eigenvalue weighted by atomic mass is 79.9. The summed E-state index contributed by atoms with van der Waals surface area (Å²) in [6, 6.07) is 2.56. The van der Waals surface area contributed by atoms with Crippen LogP contribution >= 0.6 is 15.9 Å². The van der Waals surface area contributed by atoms with E-state index in [1.165, 1.54) is 6.07 Å². The Morgan fingerprint density at radius 1 is 1.47 bits per heavy atom. The Hall–Kier alpha value is -1.07. The highest BCUT2D eigenvalue weighted by Crippen LogP contribution is 2.36. The van der Waals surface area contributed by atoms with E-state index in [-0.39, 0.29) is 17.4 Å². The normalized spacial score (nSPS) is 12.8. The maximum atomic E-state index is 10.9. The maximum absolute atomic E-state index is 10.9. The molecule has 0 aliphatic rings. The Bertz CT molecular complexity index is 432. The largest absolute Gasteiger partial charge is 0.507 e. The molecule has 1 aromatic rings. The fourth-order valence-electron chi connectivity index (χ4n) is 1.73. The van der Waals surface area contributed by atoms with Gasteiger partial charge in [-0.2, -0.15) is 0 Å². The van der Waals surface area contributed by atoms with E-state index < -0.39 is 5.97 Å². The van der Waals surface area contributed by atoms with Gasteiger partial charge in [0, 0.05) is 16.1 Å². The molecule has 0 saturated carbocycles. The van der Waals surface area contributed by atoms with Crippen molar-refractivity contribution in [2.45, 2.75) is 26.3 Å². The third-order valence-corrected chi connectivity index (χ3v) is 3.18. The summed E-state index contributed by atoms with van der Waals surface area (Å²) in [4.78, 5) is 10.9. The van der Waals surface area contributed by atoms with Crippen LogP contribution in [-0.4, -0.2) is 16.2 Å². The van der Waals surface area contributed by atoms with Gasteiger partial charge in [-0.25, -0.2) is 4.79 Å². The monoisotopic (exact) mass is 301 g/mol. The second-order valence-corrected chi connectivity index (χ2v) is 5.25. The zero-order valence-electron chi connectivity index (χ0n) is 9.77. The molecule has 0 unspecified atom stereocenters.